The summed E-state index contributed by atoms with van der Waals surface area (Å²) in [4.78, 5) is 40.9. The second-order valence-electron chi connectivity index (χ2n) is 9.22. The van der Waals surface area contributed by atoms with Gasteiger partial charge in [-0.15, -0.1) is 0 Å². The third-order valence-electron chi connectivity index (χ3n) is 7.44. The first-order valence-corrected chi connectivity index (χ1v) is 12.2. The highest BCUT2D eigenvalue weighted by molar-refractivity contribution is 6.34. The molecule has 3 aromatic carbocycles. The number of hydrogen-bond donors (Lipinski definition) is 0. The Labute approximate surface area is 213 Å². The molecule has 178 valence electrons. The maximum absolute atomic E-state index is 13.8. The number of imide groups is 1. The predicted molar refractivity (Wildman–Crippen MR) is 137 cm³/mol. The number of carbonyl (C=O) groups is 3. The molecule has 6 heteroatoms. The standard InChI is InChI=1S/C30H22ClNO4/c1-36-30(35)22-16-19(12-15-23(22)31)32-28(33)26-20-13-14-21(27(26)29(32)34)25(20)24(17-8-4-2-5-9-17)18-10-6-3-7-11-18/h2-16,20-21,26-27H,1H3/t20-,21-,26+,27+/m0/s1. The van der Waals surface area contributed by atoms with Crippen molar-refractivity contribution >= 4 is 40.6 Å². The molecular formula is C30H22ClNO4. The van der Waals surface area contributed by atoms with Gasteiger partial charge in [-0.3, -0.25) is 9.59 Å². The van der Waals surface area contributed by atoms with Crippen LogP contribution < -0.4 is 4.90 Å². The lowest BCUT2D eigenvalue weighted by Crippen LogP contribution is -2.33. The molecule has 1 saturated carbocycles. The van der Waals surface area contributed by atoms with Gasteiger partial charge >= 0.3 is 5.97 Å². The molecule has 0 radical (unpaired) electrons. The van der Waals surface area contributed by atoms with E-state index in [4.69, 9.17) is 16.3 Å². The second-order valence-corrected chi connectivity index (χ2v) is 9.63. The summed E-state index contributed by atoms with van der Waals surface area (Å²) in [5.74, 6) is -2.45. The zero-order chi connectivity index (χ0) is 25.0. The molecule has 0 unspecified atom stereocenters. The van der Waals surface area contributed by atoms with Gasteiger partial charge < -0.3 is 4.74 Å². The molecule has 5 nitrogen and oxygen atoms in total. The summed E-state index contributed by atoms with van der Waals surface area (Å²) in [6.45, 7) is 0. The maximum Gasteiger partial charge on any atom is 0.339 e. The van der Waals surface area contributed by atoms with E-state index >= 15 is 0 Å². The van der Waals surface area contributed by atoms with Crippen LogP contribution in [0.25, 0.3) is 5.57 Å². The second kappa shape index (κ2) is 8.61. The normalized spacial score (nSPS) is 23.8. The first-order chi connectivity index (χ1) is 17.5. The number of benzene rings is 3. The molecular weight excluding hydrogens is 474 g/mol. The number of hydrogen-bond acceptors (Lipinski definition) is 4. The number of fused-ring (bicyclic) bond motifs is 5. The molecule has 1 aliphatic heterocycles. The van der Waals surface area contributed by atoms with Gasteiger partial charge in [0.25, 0.3) is 0 Å². The lowest BCUT2D eigenvalue weighted by Gasteiger charge is -2.22. The first kappa shape index (κ1) is 22.5. The summed E-state index contributed by atoms with van der Waals surface area (Å²) >= 11 is 6.17. The predicted octanol–water partition coefficient (Wildman–Crippen LogP) is 5.55. The van der Waals surface area contributed by atoms with Gasteiger partial charge in [-0.2, -0.15) is 0 Å². The van der Waals surface area contributed by atoms with E-state index in [1.807, 2.05) is 36.4 Å². The van der Waals surface area contributed by atoms with Crippen molar-refractivity contribution in [2.45, 2.75) is 0 Å². The fourth-order valence-corrected chi connectivity index (χ4v) is 6.17. The monoisotopic (exact) mass is 495 g/mol. The van der Waals surface area contributed by atoms with Crippen LogP contribution in [0.5, 0.6) is 0 Å². The number of anilines is 1. The largest absolute Gasteiger partial charge is 0.465 e. The molecule has 2 fully saturated rings. The molecule has 2 aliphatic carbocycles. The molecule has 6 rings (SSSR count). The fourth-order valence-electron chi connectivity index (χ4n) is 5.98. The van der Waals surface area contributed by atoms with Gasteiger partial charge in [0.05, 0.1) is 35.2 Å². The molecule has 0 aromatic heterocycles. The van der Waals surface area contributed by atoms with E-state index in [9.17, 15) is 14.4 Å². The third kappa shape index (κ3) is 3.27. The minimum absolute atomic E-state index is 0.117. The number of halogens is 1. The Morgan fingerprint density at radius 1 is 0.806 bits per heavy atom. The molecule has 2 amide bonds. The highest BCUT2D eigenvalue weighted by atomic mass is 35.5. The van der Waals surface area contributed by atoms with E-state index in [1.54, 1.807) is 6.07 Å². The van der Waals surface area contributed by atoms with Crippen molar-refractivity contribution < 1.29 is 19.1 Å². The summed E-state index contributed by atoms with van der Waals surface area (Å²) in [5, 5.41) is 0.201. The van der Waals surface area contributed by atoms with Gasteiger partial charge in [0.2, 0.25) is 11.8 Å². The zero-order valence-corrected chi connectivity index (χ0v) is 20.2. The third-order valence-corrected chi connectivity index (χ3v) is 7.77. The van der Waals surface area contributed by atoms with Gasteiger partial charge in [-0.1, -0.05) is 84.4 Å². The minimum Gasteiger partial charge on any atom is -0.465 e. The van der Waals surface area contributed by atoms with Gasteiger partial charge in [0, 0.05) is 11.8 Å². The molecule has 3 aliphatic rings. The smallest absolute Gasteiger partial charge is 0.339 e. The summed E-state index contributed by atoms with van der Waals surface area (Å²) < 4.78 is 4.80. The molecule has 1 saturated heterocycles. The summed E-state index contributed by atoms with van der Waals surface area (Å²) in [6, 6.07) is 24.8. The van der Waals surface area contributed by atoms with Crippen LogP contribution in [0.3, 0.4) is 0 Å². The van der Waals surface area contributed by atoms with E-state index in [2.05, 4.69) is 36.4 Å². The summed E-state index contributed by atoms with van der Waals surface area (Å²) in [7, 11) is 1.26. The highest BCUT2D eigenvalue weighted by Crippen LogP contribution is 2.58. The number of esters is 1. The van der Waals surface area contributed by atoms with E-state index in [0.29, 0.717) is 5.69 Å². The van der Waals surface area contributed by atoms with E-state index in [1.165, 1.54) is 24.1 Å². The Morgan fingerprint density at radius 3 is 1.83 bits per heavy atom. The lowest BCUT2D eigenvalue weighted by molar-refractivity contribution is -0.122. The minimum atomic E-state index is -0.622. The molecule has 4 atom stereocenters. The van der Waals surface area contributed by atoms with Gasteiger partial charge in [-0.25, -0.2) is 9.69 Å². The summed E-state index contributed by atoms with van der Waals surface area (Å²) in [5.41, 5.74) is 4.78. The van der Waals surface area contributed by atoms with Crippen molar-refractivity contribution in [3.8, 4) is 0 Å². The SMILES string of the molecule is COC(=O)c1cc(N2C(=O)[C@H]3[C@H](C2=O)[C@H]2C=C[C@H]3C2=C(c2ccccc2)c2ccccc2)ccc1Cl. The number of rotatable bonds is 4. The van der Waals surface area contributed by atoms with Crippen LogP contribution in [0, 0.1) is 23.7 Å². The molecule has 2 bridgehead atoms. The van der Waals surface area contributed by atoms with Crippen molar-refractivity contribution in [3.05, 3.63) is 118 Å². The van der Waals surface area contributed by atoms with E-state index in [0.717, 1.165) is 22.3 Å². The highest BCUT2D eigenvalue weighted by Gasteiger charge is 2.62. The Balaban J connectivity index is 1.45. The molecule has 36 heavy (non-hydrogen) atoms. The number of ether oxygens (including phenoxy) is 1. The fraction of sp³-hybridized carbons (Fsp3) is 0.167. The van der Waals surface area contributed by atoms with Crippen LogP contribution in [0.2, 0.25) is 5.02 Å². The van der Waals surface area contributed by atoms with Crippen LogP contribution in [0.4, 0.5) is 5.69 Å². The average molecular weight is 496 g/mol. The summed E-state index contributed by atoms with van der Waals surface area (Å²) in [6.07, 6.45) is 4.15. The molecule has 1 heterocycles. The van der Waals surface area contributed by atoms with Gasteiger partial charge in [0.15, 0.2) is 0 Å². The number of nitrogens with zero attached hydrogens (tertiary/aromatic N) is 1. The first-order valence-electron chi connectivity index (χ1n) is 11.8. The average Bonchev–Trinajstić information content (AvgIpc) is 3.54. The Hall–Kier alpha value is -3.96. The van der Waals surface area contributed by atoms with E-state index < -0.39 is 17.8 Å². The molecule has 3 aromatic rings. The lowest BCUT2D eigenvalue weighted by atomic mass is 9.85. The van der Waals surface area contributed by atoms with Crippen LogP contribution in [0.1, 0.15) is 21.5 Å². The van der Waals surface area contributed by atoms with Gasteiger partial charge in [-0.05, 0) is 40.5 Å². The van der Waals surface area contributed by atoms with Crippen molar-refractivity contribution in [1.29, 1.82) is 0 Å². The van der Waals surface area contributed by atoms with Crippen LogP contribution in [-0.4, -0.2) is 24.9 Å². The Morgan fingerprint density at radius 2 is 1.33 bits per heavy atom. The topological polar surface area (TPSA) is 63.7 Å². The van der Waals surface area contributed by atoms with Crippen LogP contribution in [0.15, 0.2) is 96.6 Å². The van der Waals surface area contributed by atoms with Crippen molar-refractivity contribution in [1.82, 2.24) is 0 Å². The van der Waals surface area contributed by atoms with Gasteiger partial charge in [0.1, 0.15) is 0 Å². The Bertz CT molecular complexity index is 1390. The number of allylic oxidation sites excluding steroid dienone is 3. The van der Waals surface area contributed by atoms with E-state index in [-0.39, 0.29) is 34.2 Å². The maximum atomic E-state index is 13.8. The quantitative estimate of drug-likeness (QED) is 0.270. The molecule has 0 N–H and O–H groups in total. The van der Waals surface area contributed by atoms with Crippen molar-refractivity contribution in [2.24, 2.45) is 23.7 Å². The van der Waals surface area contributed by atoms with Crippen molar-refractivity contribution in [2.75, 3.05) is 12.0 Å². The van der Waals surface area contributed by atoms with Crippen LogP contribution in [-0.2, 0) is 14.3 Å². The zero-order valence-electron chi connectivity index (χ0n) is 19.4. The number of amides is 2. The van der Waals surface area contributed by atoms with Crippen LogP contribution >= 0.6 is 11.6 Å². The Kier molecular flexibility index (Phi) is 5.38. The van der Waals surface area contributed by atoms with Crippen molar-refractivity contribution in [3.63, 3.8) is 0 Å². The molecule has 0 spiro atoms. The number of methoxy groups -OCH3 is 1. The number of carbonyl (C=O) groups excluding carboxylic acids is 3.